The Hall–Kier alpha value is -0.860. The summed E-state index contributed by atoms with van der Waals surface area (Å²) in [6, 6.07) is 11.7. The predicted octanol–water partition coefficient (Wildman–Crippen LogP) is 3.64. The number of hydrogen-bond acceptors (Lipinski definition) is 2. The van der Waals surface area contributed by atoms with Gasteiger partial charge in [-0.2, -0.15) is 0 Å². The maximum Gasteiger partial charge on any atom is 0.0201 e. The molecule has 0 bridgehead atoms. The van der Waals surface area contributed by atoms with Gasteiger partial charge in [0, 0.05) is 19.1 Å². The molecule has 3 rings (SSSR count). The summed E-state index contributed by atoms with van der Waals surface area (Å²) in [5, 5.41) is 3.88. The van der Waals surface area contributed by atoms with Gasteiger partial charge in [0.1, 0.15) is 0 Å². The monoisotopic (exact) mass is 286 g/mol. The highest BCUT2D eigenvalue weighted by Gasteiger charge is 2.26. The van der Waals surface area contributed by atoms with Gasteiger partial charge in [-0.05, 0) is 50.3 Å². The van der Waals surface area contributed by atoms with Crippen molar-refractivity contribution in [1.29, 1.82) is 0 Å². The van der Waals surface area contributed by atoms with Gasteiger partial charge in [-0.3, -0.25) is 0 Å². The third-order valence-corrected chi connectivity index (χ3v) is 5.32. The molecule has 2 nitrogen and oxygen atoms in total. The summed E-state index contributed by atoms with van der Waals surface area (Å²) in [7, 11) is 2.27. The van der Waals surface area contributed by atoms with Crippen molar-refractivity contribution in [3.8, 4) is 0 Å². The van der Waals surface area contributed by atoms with Crippen LogP contribution in [0.1, 0.15) is 50.0 Å². The van der Waals surface area contributed by atoms with Crippen LogP contribution in [0.25, 0.3) is 0 Å². The first kappa shape index (κ1) is 15.1. The maximum absolute atomic E-state index is 3.88. The summed E-state index contributed by atoms with van der Waals surface area (Å²) in [5.74, 6) is 1.62. The molecular weight excluding hydrogens is 256 g/mol. The highest BCUT2D eigenvalue weighted by Crippen LogP contribution is 2.27. The minimum absolute atomic E-state index is 0.663. The number of nitrogens with zero attached hydrogens (tertiary/aromatic N) is 1. The first-order valence-corrected chi connectivity index (χ1v) is 8.78. The number of rotatable bonds is 4. The van der Waals surface area contributed by atoms with E-state index in [1.165, 1.54) is 63.7 Å². The first-order valence-electron chi connectivity index (χ1n) is 8.78. The third-order valence-electron chi connectivity index (χ3n) is 5.32. The van der Waals surface area contributed by atoms with Crippen molar-refractivity contribution in [2.45, 2.75) is 50.5 Å². The van der Waals surface area contributed by atoms with Crippen molar-refractivity contribution in [1.82, 2.24) is 10.2 Å². The van der Waals surface area contributed by atoms with Crippen LogP contribution >= 0.6 is 0 Å². The summed E-state index contributed by atoms with van der Waals surface area (Å²) < 4.78 is 0. The Morgan fingerprint density at radius 3 is 2.57 bits per heavy atom. The molecule has 116 valence electrons. The Labute approximate surface area is 129 Å². The van der Waals surface area contributed by atoms with Gasteiger partial charge in [0.2, 0.25) is 0 Å². The standard InChI is InChI=1S/C19H30N2/c1-21-14-18(17-10-6-3-7-11-17)12-19(15-21)20-13-16-8-4-2-5-9-16/h3,6-7,10-11,16,18-20H,2,4-5,8-9,12-15H2,1H3. The second-order valence-electron chi connectivity index (χ2n) is 7.17. The van der Waals surface area contributed by atoms with E-state index in [0.29, 0.717) is 12.0 Å². The van der Waals surface area contributed by atoms with Crippen molar-refractivity contribution >= 4 is 0 Å². The number of hydrogen-bond donors (Lipinski definition) is 1. The highest BCUT2D eigenvalue weighted by atomic mass is 15.1. The van der Waals surface area contributed by atoms with Gasteiger partial charge < -0.3 is 10.2 Å². The molecule has 21 heavy (non-hydrogen) atoms. The van der Waals surface area contributed by atoms with E-state index in [9.17, 15) is 0 Å². The van der Waals surface area contributed by atoms with Crippen LogP contribution in [0, 0.1) is 5.92 Å². The fourth-order valence-electron chi connectivity index (χ4n) is 4.16. The van der Waals surface area contributed by atoms with Crippen LogP contribution in [-0.2, 0) is 0 Å². The lowest BCUT2D eigenvalue weighted by molar-refractivity contribution is 0.195. The van der Waals surface area contributed by atoms with E-state index in [2.05, 4.69) is 47.6 Å². The molecule has 0 amide bonds. The van der Waals surface area contributed by atoms with Gasteiger partial charge in [-0.15, -0.1) is 0 Å². The van der Waals surface area contributed by atoms with Gasteiger partial charge in [0.15, 0.2) is 0 Å². The molecule has 1 N–H and O–H groups in total. The quantitative estimate of drug-likeness (QED) is 0.909. The molecular formula is C19H30N2. The molecule has 0 radical (unpaired) electrons. The molecule has 2 atom stereocenters. The fourth-order valence-corrected chi connectivity index (χ4v) is 4.16. The Morgan fingerprint density at radius 1 is 1.05 bits per heavy atom. The molecule has 1 aliphatic carbocycles. The first-order chi connectivity index (χ1) is 10.3. The lowest BCUT2D eigenvalue weighted by Crippen LogP contribution is -2.48. The average molecular weight is 286 g/mol. The number of likely N-dealkylation sites (N-methyl/N-ethyl adjacent to an activating group) is 1. The number of benzene rings is 1. The van der Waals surface area contributed by atoms with Crippen LogP contribution in [0.4, 0.5) is 0 Å². The van der Waals surface area contributed by atoms with E-state index in [0.717, 1.165) is 5.92 Å². The average Bonchev–Trinajstić information content (AvgIpc) is 2.54. The lowest BCUT2D eigenvalue weighted by Gasteiger charge is -2.37. The largest absolute Gasteiger partial charge is 0.312 e. The van der Waals surface area contributed by atoms with Gasteiger partial charge in [0.25, 0.3) is 0 Å². The smallest absolute Gasteiger partial charge is 0.0201 e. The summed E-state index contributed by atoms with van der Waals surface area (Å²) in [6.45, 7) is 3.64. The molecule has 2 heteroatoms. The Balaban J connectivity index is 1.53. The summed E-state index contributed by atoms with van der Waals surface area (Å²) in [6.07, 6.45) is 8.53. The predicted molar refractivity (Wildman–Crippen MR) is 89.7 cm³/mol. The van der Waals surface area contributed by atoms with E-state index in [-0.39, 0.29) is 0 Å². The molecule has 0 spiro atoms. The minimum atomic E-state index is 0.663. The van der Waals surface area contributed by atoms with Crippen LogP contribution < -0.4 is 5.32 Å². The second kappa shape index (κ2) is 7.42. The van der Waals surface area contributed by atoms with E-state index in [4.69, 9.17) is 0 Å². The number of likely N-dealkylation sites (tertiary alicyclic amines) is 1. The van der Waals surface area contributed by atoms with Crippen molar-refractivity contribution < 1.29 is 0 Å². The highest BCUT2D eigenvalue weighted by molar-refractivity contribution is 5.21. The Bertz CT molecular complexity index is 411. The zero-order valence-corrected chi connectivity index (χ0v) is 13.4. The van der Waals surface area contributed by atoms with Gasteiger partial charge >= 0.3 is 0 Å². The molecule has 1 aliphatic heterocycles. The van der Waals surface area contributed by atoms with E-state index >= 15 is 0 Å². The van der Waals surface area contributed by atoms with E-state index < -0.39 is 0 Å². The van der Waals surface area contributed by atoms with Crippen molar-refractivity contribution in [2.75, 3.05) is 26.7 Å². The van der Waals surface area contributed by atoms with Gasteiger partial charge in [0.05, 0.1) is 0 Å². The number of piperidine rings is 1. The summed E-state index contributed by atoms with van der Waals surface area (Å²) >= 11 is 0. The second-order valence-corrected chi connectivity index (χ2v) is 7.17. The zero-order chi connectivity index (χ0) is 14.5. The Morgan fingerprint density at radius 2 is 1.81 bits per heavy atom. The Kier molecular flexibility index (Phi) is 5.32. The fraction of sp³-hybridized carbons (Fsp3) is 0.684. The molecule has 2 fully saturated rings. The van der Waals surface area contributed by atoms with Gasteiger partial charge in [-0.25, -0.2) is 0 Å². The zero-order valence-electron chi connectivity index (χ0n) is 13.4. The van der Waals surface area contributed by atoms with Crippen LogP contribution in [0.3, 0.4) is 0 Å². The third kappa shape index (κ3) is 4.31. The molecule has 0 aromatic heterocycles. The minimum Gasteiger partial charge on any atom is -0.312 e. The molecule has 1 heterocycles. The van der Waals surface area contributed by atoms with E-state index in [1.807, 2.05) is 0 Å². The van der Waals surface area contributed by atoms with Crippen LogP contribution in [0.5, 0.6) is 0 Å². The van der Waals surface area contributed by atoms with E-state index in [1.54, 1.807) is 0 Å². The topological polar surface area (TPSA) is 15.3 Å². The van der Waals surface area contributed by atoms with Crippen molar-refractivity contribution in [3.63, 3.8) is 0 Å². The van der Waals surface area contributed by atoms with Crippen LogP contribution in [0.15, 0.2) is 30.3 Å². The summed E-state index contributed by atoms with van der Waals surface area (Å²) in [4.78, 5) is 2.50. The molecule has 1 saturated carbocycles. The summed E-state index contributed by atoms with van der Waals surface area (Å²) in [5.41, 5.74) is 1.51. The SMILES string of the molecule is CN1CC(NCC2CCCCC2)CC(c2ccccc2)C1. The lowest BCUT2D eigenvalue weighted by atomic mass is 9.86. The van der Waals surface area contributed by atoms with Crippen molar-refractivity contribution in [2.24, 2.45) is 5.92 Å². The number of nitrogens with one attached hydrogen (secondary N) is 1. The maximum atomic E-state index is 3.88. The van der Waals surface area contributed by atoms with Crippen molar-refractivity contribution in [3.05, 3.63) is 35.9 Å². The molecule has 1 aromatic carbocycles. The molecule has 2 aliphatic rings. The molecule has 1 saturated heterocycles. The molecule has 2 unspecified atom stereocenters. The van der Waals surface area contributed by atoms with Gasteiger partial charge in [-0.1, -0.05) is 49.6 Å². The normalized spacial score (nSPS) is 28.6. The van der Waals surface area contributed by atoms with Crippen LogP contribution in [0.2, 0.25) is 0 Å². The molecule has 1 aromatic rings. The van der Waals surface area contributed by atoms with Crippen LogP contribution in [-0.4, -0.2) is 37.6 Å².